The van der Waals surface area contributed by atoms with Crippen LogP contribution in [0.3, 0.4) is 0 Å². The van der Waals surface area contributed by atoms with Crippen molar-refractivity contribution in [3.63, 3.8) is 0 Å². The quantitative estimate of drug-likeness (QED) is 0.539. The van der Waals surface area contributed by atoms with Crippen LogP contribution in [-0.4, -0.2) is 29.3 Å². The van der Waals surface area contributed by atoms with Gasteiger partial charge in [0.05, 0.1) is 0 Å². The van der Waals surface area contributed by atoms with Crippen LogP contribution in [0.2, 0.25) is 0 Å². The molecule has 0 bridgehead atoms. The van der Waals surface area contributed by atoms with E-state index in [0.717, 1.165) is 28.4 Å². The van der Waals surface area contributed by atoms with E-state index >= 15 is 0 Å². The van der Waals surface area contributed by atoms with Gasteiger partial charge >= 0.3 is 0 Å². The summed E-state index contributed by atoms with van der Waals surface area (Å²) in [6, 6.07) is 17.3. The van der Waals surface area contributed by atoms with Crippen molar-refractivity contribution in [1.82, 2.24) is 10.2 Å². The molecule has 2 rings (SSSR count). The van der Waals surface area contributed by atoms with E-state index in [1.807, 2.05) is 54.6 Å². The van der Waals surface area contributed by atoms with Crippen LogP contribution in [0.15, 0.2) is 59.1 Å². The number of halogens is 1. The topological polar surface area (TPSA) is 49.4 Å². The largest absolute Gasteiger partial charge is 0.354 e. The van der Waals surface area contributed by atoms with Gasteiger partial charge < -0.3 is 10.2 Å². The van der Waals surface area contributed by atoms with Crippen molar-refractivity contribution in [2.75, 3.05) is 6.54 Å². The van der Waals surface area contributed by atoms with E-state index in [2.05, 4.69) is 28.2 Å². The van der Waals surface area contributed by atoms with Crippen LogP contribution in [0.5, 0.6) is 0 Å². The van der Waals surface area contributed by atoms with Gasteiger partial charge in [0.25, 0.3) is 0 Å². The highest BCUT2D eigenvalue weighted by atomic mass is 79.9. The van der Waals surface area contributed by atoms with Gasteiger partial charge in [-0.05, 0) is 43.0 Å². The van der Waals surface area contributed by atoms with Crippen LogP contribution < -0.4 is 5.32 Å². The molecule has 0 unspecified atom stereocenters. The van der Waals surface area contributed by atoms with Crippen LogP contribution in [0, 0.1) is 0 Å². The number of unbranched alkanes of at least 4 members (excludes halogenated alkanes) is 1. The normalized spacial score (nSPS) is 11.7. The molecule has 150 valence electrons. The number of carbonyl (C=O) groups is 2. The number of hydrogen-bond acceptors (Lipinski definition) is 2. The third-order valence-electron chi connectivity index (χ3n) is 4.73. The van der Waals surface area contributed by atoms with Crippen molar-refractivity contribution in [2.24, 2.45) is 0 Å². The molecule has 28 heavy (non-hydrogen) atoms. The van der Waals surface area contributed by atoms with Crippen LogP contribution in [0.25, 0.3) is 0 Å². The molecule has 0 saturated carbocycles. The van der Waals surface area contributed by atoms with Crippen LogP contribution in [-0.2, 0) is 22.6 Å². The minimum Gasteiger partial charge on any atom is -0.354 e. The fourth-order valence-corrected chi connectivity index (χ4v) is 3.21. The number of nitrogens with zero attached hydrogens (tertiary/aromatic N) is 1. The number of carbonyl (C=O) groups excluding carboxylic acids is 2. The number of benzene rings is 2. The molecule has 0 heterocycles. The fraction of sp³-hybridized carbons (Fsp3) is 0.391. The molecule has 2 aromatic rings. The minimum absolute atomic E-state index is 0.00934. The summed E-state index contributed by atoms with van der Waals surface area (Å²) in [4.78, 5) is 27.3. The number of nitrogens with one attached hydrogen (secondary N) is 1. The summed E-state index contributed by atoms with van der Waals surface area (Å²) >= 11 is 3.43. The van der Waals surface area contributed by atoms with Crippen LogP contribution >= 0.6 is 15.9 Å². The highest BCUT2D eigenvalue weighted by molar-refractivity contribution is 9.10. The monoisotopic (exact) mass is 444 g/mol. The van der Waals surface area contributed by atoms with Crippen molar-refractivity contribution in [3.05, 3.63) is 70.2 Å². The van der Waals surface area contributed by atoms with Gasteiger partial charge in [0.2, 0.25) is 11.8 Å². The Morgan fingerprint density at radius 1 is 1.04 bits per heavy atom. The predicted octanol–water partition coefficient (Wildman–Crippen LogP) is 4.72. The predicted molar refractivity (Wildman–Crippen MR) is 117 cm³/mol. The first-order valence-electron chi connectivity index (χ1n) is 9.86. The molecule has 0 aliphatic carbocycles. The smallest absolute Gasteiger partial charge is 0.242 e. The van der Waals surface area contributed by atoms with Crippen LogP contribution in [0.1, 0.15) is 44.2 Å². The molecule has 1 N–H and O–H groups in total. The van der Waals surface area contributed by atoms with Gasteiger partial charge in [-0.1, -0.05) is 71.7 Å². The lowest BCUT2D eigenvalue weighted by Crippen LogP contribution is -2.47. The molecule has 0 aliphatic rings. The molecule has 2 amide bonds. The maximum atomic E-state index is 13.0. The second-order valence-electron chi connectivity index (χ2n) is 6.95. The lowest BCUT2D eigenvalue weighted by Gasteiger charge is -2.29. The summed E-state index contributed by atoms with van der Waals surface area (Å²) in [5.74, 6) is -0.108. The summed E-state index contributed by atoms with van der Waals surface area (Å²) in [6.45, 7) is 4.95. The Balaban J connectivity index is 2.08. The molecule has 0 spiro atoms. The highest BCUT2D eigenvalue weighted by Gasteiger charge is 2.25. The zero-order chi connectivity index (χ0) is 20.4. The summed E-state index contributed by atoms with van der Waals surface area (Å²) in [5.41, 5.74) is 2.13. The molecule has 5 heteroatoms. The lowest BCUT2D eigenvalue weighted by molar-refractivity contribution is -0.140. The SMILES string of the molecule is CCCCNC(=O)[C@@H](C)N(Cc1ccc(Br)cc1)C(=O)CCc1ccccc1. The molecule has 0 fully saturated rings. The Morgan fingerprint density at radius 3 is 2.36 bits per heavy atom. The first kappa shape index (κ1) is 22.2. The van der Waals surface area contributed by atoms with E-state index in [9.17, 15) is 9.59 Å². The van der Waals surface area contributed by atoms with E-state index in [4.69, 9.17) is 0 Å². The Kier molecular flexibility index (Phi) is 9.21. The first-order valence-corrected chi connectivity index (χ1v) is 10.7. The molecule has 0 aliphatic heterocycles. The Morgan fingerprint density at radius 2 is 1.71 bits per heavy atom. The molecule has 2 aromatic carbocycles. The average Bonchev–Trinajstić information content (AvgIpc) is 2.72. The van der Waals surface area contributed by atoms with Gasteiger partial charge in [0, 0.05) is 24.0 Å². The third-order valence-corrected chi connectivity index (χ3v) is 5.26. The van der Waals surface area contributed by atoms with Gasteiger partial charge in [0.15, 0.2) is 0 Å². The third kappa shape index (κ3) is 7.12. The second-order valence-corrected chi connectivity index (χ2v) is 7.87. The molecular formula is C23H29BrN2O2. The Bertz CT molecular complexity index is 747. The summed E-state index contributed by atoms with van der Waals surface area (Å²) in [6.07, 6.45) is 3.01. The summed E-state index contributed by atoms with van der Waals surface area (Å²) < 4.78 is 0.989. The number of rotatable bonds is 10. The molecule has 0 aromatic heterocycles. The maximum absolute atomic E-state index is 13.0. The van der Waals surface area contributed by atoms with Crippen molar-refractivity contribution < 1.29 is 9.59 Å². The molecular weight excluding hydrogens is 416 g/mol. The highest BCUT2D eigenvalue weighted by Crippen LogP contribution is 2.16. The minimum atomic E-state index is -0.510. The molecule has 0 radical (unpaired) electrons. The number of aryl methyl sites for hydroxylation is 1. The molecule has 4 nitrogen and oxygen atoms in total. The first-order chi connectivity index (χ1) is 13.5. The van der Waals surface area contributed by atoms with Crippen molar-refractivity contribution >= 4 is 27.7 Å². The Labute approximate surface area is 176 Å². The summed E-state index contributed by atoms with van der Waals surface area (Å²) in [5, 5.41) is 2.95. The van der Waals surface area contributed by atoms with E-state index in [-0.39, 0.29) is 11.8 Å². The number of hydrogen-bond donors (Lipinski definition) is 1. The van der Waals surface area contributed by atoms with Crippen molar-refractivity contribution in [3.8, 4) is 0 Å². The average molecular weight is 445 g/mol. The Hall–Kier alpha value is -2.14. The van der Waals surface area contributed by atoms with Gasteiger partial charge in [-0.3, -0.25) is 9.59 Å². The van der Waals surface area contributed by atoms with Crippen molar-refractivity contribution in [1.29, 1.82) is 0 Å². The van der Waals surface area contributed by atoms with E-state index in [0.29, 0.717) is 25.9 Å². The van der Waals surface area contributed by atoms with Crippen molar-refractivity contribution in [2.45, 2.75) is 52.1 Å². The van der Waals surface area contributed by atoms with Gasteiger partial charge in [-0.25, -0.2) is 0 Å². The molecule has 1 atom stereocenters. The second kappa shape index (κ2) is 11.6. The van der Waals surface area contributed by atoms with E-state index in [1.165, 1.54) is 0 Å². The van der Waals surface area contributed by atoms with Crippen LogP contribution in [0.4, 0.5) is 0 Å². The zero-order valence-electron chi connectivity index (χ0n) is 16.7. The number of amides is 2. The van der Waals surface area contributed by atoms with Gasteiger partial charge in [0.1, 0.15) is 6.04 Å². The maximum Gasteiger partial charge on any atom is 0.242 e. The van der Waals surface area contributed by atoms with Gasteiger partial charge in [-0.2, -0.15) is 0 Å². The fourth-order valence-electron chi connectivity index (χ4n) is 2.94. The standard InChI is InChI=1S/C23H29BrN2O2/c1-3-4-16-25-23(28)18(2)26(17-20-10-13-21(24)14-11-20)22(27)15-12-19-8-6-5-7-9-19/h5-11,13-14,18H,3-4,12,15-17H2,1-2H3,(H,25,28)/t18-/m1/s1. The van der Waals surface area contributed by atoms with Gasteiger partial charge in [-0.15, -0.1) is 0 Å². The van der Waals surface area contributed by atoms with E-state index < -0.39 is 6.04 Å². The lowest BCUT2D eigenvalue weighted by atomic mass is 10.1. The molecule has 0 saturated heterocycles. The zero-order valence-corrected chi connectivity index (χ0v) is 18.2. The van der Waals surface area contributed by atoms with E-state index in [1.54, 1.807) is 11.8 Å². The summed E-state index contributed by atoms with van der Waals surface area (Å²) in [7, 11) is 0.